The zero-order valence-electron chi connectivity index (χ0n) is 7.31. The van der Waals surface area contributed by atoms with Gasteiger partial charge in [-0.15, -0.1) is 0 Å². The standard InChI is InChI=1S/C11H8O3/c12-9-3-1-8(2-4-9)7-10-5-6-11(13)14-10/h1-7,12H/b10-7-. The van der Waals surface area contributed by atoms with Gasteiger partial charge < -0.3 is 9.84 Å². The first-order valence-electron chi connectivity index (χ1n) is 4.15. The Morgan fingerprint density at radius 2 is 1.86 bits per heavy atom. The molecule has 0 fully saturated rings. The minimum atomic E-state index is -0.352. The normalized spacial score (nSPS) is 17.4. The summed E-state index contributed by atoms with van der Waals surface area (Å²) in [5.74, 6) is 0.377. The molecule has 0 bridgehead atoms. The van der Waals surface area contributed by atoms with Crippen molar-refractivity contribution in [2.75, 3.05) is 0 Å². The van der Waals surface area contributed by atoms with Crippen molar-refractivity contribution < 1.29 is 14.6 Å². The van der Waals surface area contributed by atoms with E-state index in [4.69, 9.17) is 9.84 Å². The summed E-state index contributed by atoms with van der Waals surface area (Å²) in [7, 11) is 0. The van der Waals surface area contributed by atoms with Crippen molar-refractivity contribution in [3.05, 3.63) is 47.7 Å². The van der Waals surface area contributed by atoms with Gasteiger partial charge in [-0.1, -0.05) is 12.1 Å². The Hall–Kier alpha value is -2.03. The van der Waals surface area contributed by atoms with Crippen LogP contribution in [-0.4, -0.2) is 11.1 Å². The second-order valence-corrected chi connectivity index (χ2v) is 2.89. The van der Waals surface area contributed by atoms with Gasteiger partial charge in [-0.05, 0) is 29.8 Å². The molecule has 0 aliphatic carbocycles. The number of allylic oxidation sites excluding steroid dienone is 1. The van der Waals surface area contributed by atoms with E-state index >= 15 is 0 Å². The molecule has 0 saturated carbocycles. The molecular formula is C11H8O3. The van der Waals surface area contributed by atoms with E-state index in [0.29, 0.717) is 5.76 Å². The van der Waals surface area contributed by atoms with E-state index in [0.717, 1.165) is 5.56 Å². The highest BCUT2D eigenvalue weighted by Gasteiger charge is 2.08. The number of ether oxygens (including phenoxy) is 1. The van der Waals surface area contributed by atoms with E-state index in [-0.39, 0.29) is 11.7 Å². The highest BCUT2D eigenvalue weighted by Crippen LogP contribution is 2.16. The summed E-state index contributed by atoms with van der Waals surface area (Å²) in [6.07, 6.45) is 4.70. The third-order valence-electron chi connectivity index (χ3n) is 1.80. The number of hydrogen-bond donors (Lipinski definition) is 1. The van der Waals surface area contributed by atoms with Crippen molar-refractivity contribution in [1.82, 2.24) is 0 Å². The Morgan fingerprint density at radius 1 is 1.14 bits per heavy atom. The van der Waals surface area contributed by atoms with Gasteiger partial charge in [0.2, 0.25) is 0 Å². The molecule has 3 heteroatoms. The van der Waals surface area contributed by atoms with E-state index in [1.807, 2.05) is 0 Å². The molecule has 1 aromatic carbocycles. The second-order valence-electron chi connectivity index (χ2n) is 2.89. The van der Waals surface area contributed by atoms with Crippen LogP contribution in [0, 0.1) is 0 Å². The number of esters is 1. The van der Waals surface area contributed by atoms with Gasteiger partial charge in [-0.25, -0.2) is 4.79 Å². The molecular weight excluding hydrogens is 180 g/mol. The number of carbonyl (C=O) groups is 1. The Morgan fingerprint density at radius 3 is 2.43 bits per heavy atom. The predicted octanol–water partition coefficient (Wildman–Crippen LogP) is 1.85. The Balaban J connectivity index is 2.22. The Kier molecular flexibility index (Phi) is 2.07. The van der Waals surface area contributed by atoms with Crippen LogP contribution in [0.15, 0.2) is 42.2 Å². The molecule has 2 rings (SSSR count). The van der Waals surface area contributed by atoms with Crippen LogP contribution in [0.2, 0.25) is 0 Å². The lowest BCUT2D eigenvalue weighted by Crippen LogP contribution is -1.89. The number of aromatic hydroxyl groups is 1. The molecule has 1 heterocycles. The number of rotatable bonds is 1. The summed E-state index contributed by atoms with van der Waals surface area (Å²) in [4.78, 5) is 10.7. The number of benzene rings is 1. The van der Waals surface area contributed by atoms with Crippen molar-refractivity contribution in [3.63, 3.8) is 0 Å². The number of phenols is 1. The van der Waals surface area contributed by atoms with Crippen LogP contribution in [0.25, 0.3) is 6.08 Å². The smallest absolute Gasteiger partial charge is 0.336 e. The van der Waals surface area contributed by atoms with Crippen molar-refractivity contribution in [2.24, 2.45) is 0 Å². The van der Waals surface area contributed by atoms with Gasteiger partial charge in [0, 0.05) is 6.08 Å². The summed E-state index contributed by atoms with van der Waals surface area (Å²) < 4.78 is 4.84. The van der Waals surface area contributed by atoms with Crippen molar-refractivity contribution in [3.8, 4) is 5.75 Å². The third kappa shape index (κ3) is 1.82. The van der Waals surface area contributed by atoms with Crippen molar-refractivity contribution >= 4 is 12.0 Å². The van der Waals surface area contributed by atoms with Crippen LogP contribution >= 0.6 is 0 Å². The number of carbonyl (C=O) groups excluding carboxylic acids is 1. The first kappa shape index (κ1) is 8.56. The lowest BCUT2D eigenvalue weighted by molar-refractivity contribution is -0.132. The number of hydrogen-bond acceptors (Lipinski definition) is 3. The maximum atomic E-state index is 10.7. The fourth-order valence-electron chi connectivity index (χ4n) is 1.15. The van der Waals surface area contributed by atoms with Gasteiger partial charge in [0.05, 0.1) is 0 Å². The van der Waals surface area contributed by atoms with Gasteiger partial charge in [0.25, 0.3) is 0 Å². The summed E-state index contributed by atoms with van der Waals surface area (Å²) in [5, 5.41) is 9.04. The minimum absolute atomic E-state index is 0.214. The van der Waals surface area contributed by atoms with Gasteiger partial charge in [-0.2, -0.15) is 0 Å². The van der Waals surface area contributed by atoms with Gasteiger partial charge >= 0.3 is 5.97 Å². The molecule has 0 atom stereocenters. The Labute approximate surface area is 80.9 Å². The summed E-state index contributed by atoms with van der Waals surface area (Å²) in [5.41, 5.74) is 0.872. The molecule has 0 radical (unpaired) electrons. The fraction of sp³-hybridized carbons (Fsp3) is 0. The van der Waals surface area contributed by atoms with Crippen molar-refractivity contribution in [1.29, 1.82) is 0 Å². The molecule has 0 amide bonds. The average molecular weight is 188 g/mol. The first-order valence-corrected chi connectivity index (χ1v) is 4.15. The molecule has 1 aliphatic heterocycles. The predicted molar refractivity (Wildman–Crippen MR) is 51.3 cm³/mol. The monoisotopic (exact) mass is 188 g/mol. The lowest BCUT2D eigenvalue weighted by atomic mass is 10.2. The number of cyclic esters (lactones) is 1. The molecule has 14 heavy (non-hydrogen) atoms. The molecule has 3 nitrogen and oxygen atoms in total. The fourth-order valence-corrected chi connectivity index (χ4v) is 1.15. The van der Waals surface area contributed by atoms with E-state index in [9.17, 15) is 4.79 Å². The maximum Gasteiger partial charge on any atom is 0.336 e. The van der Waals surface area contributed by atoms with Crippen LogP contribution in [0.3, 0.4) is 0 Å². The average Bonchev–Trinajstić information content (AvgIpc) is 2.56. The first-order chi connectivity index (χ1) is 6.74. The van der Waals surface area contributed by atoms with E-state index < -0.39 is 0 Å². The molecule has 70 valence electrons. The number of phenolic OH excluding ortho intramolecular Hbond substituents is 1. The minimum Gasteiger partial charge on any atom is -0.508 e. The molecule has 0 spiro atoms. The lowest BCUT2D eigenvalue weighted by Gasteiger charge is -1.97. The largest absolute Gasteiger partial charge is 0.508 e. The zero-order chi connectivity index (χ0) is 9.97. The molecule has 0 unspecified atom stereocenters. The summed E-state index contributed by atoms with van der Waals surface area (Å²) in [6.45, 7) is 0. The SMILES string of the molecule is O=C1C=C/C(=C/c2ccc(O)cc2)O1. The maximum absolute atomic E-state index is 10.7. The quantitative estimate of drug-likeness (QED) is 0.684. The van der Waals surface area contributed by atoms with Crippen LogP contribution < -0.4 is 0 Å². The van der Waals surface area contributed by atoms with Gasteiger partial charge in [-0.3, -0.25) is 0 Å². The highest BCUT2D eigenvalue weighted by molar-refractivity contribution is 5.87. The summed E-state index contributed by atoms with van der Waals surface area (Å²) in [6, 6.07) is 6.63. The topological polar surface area (TPSA) is 46.5 Å². The summed E-state index contributed by atoms with van der Waals surface area (Å²) >= 11 is 0. The van der Waals surface area contributed by atoms with Gasteiger partial charge in [0.1, 0.15) is 11.5 Å². The molecule has 1 N–H and O–H groups in total. The molecule has 0 aromatic heterocycles. The van der Waals surface area contributed by atoms with Gasteiger partial charge in [0.15, 0.2) is 0 Å². The Bertz CT molecular complexity index is 413. The van der Waals surface area contributed by atoms with Crippen molar-refractivity contribution in [2.45, 2.75) is 0 Å². The van der Waals surface area contributed by atoms with Crippen LogP contribution in [0.1, 0.15) is 5.56 Å². The van der Waals surface area contributed by atoms with Crippen LogP contribution in [-0.2, 0) is 9.53 Å². The molecule has 1 aliphatic rings. The van der Waals surface area contributed by atoms with Crippen LogP contribution in [0.5, 0.6) is 5.75 Å². The zero-order valence-corrected chi connectivity index (χ0v) is 7.31. The third-order valence-corrected chi connectivity index (χ3v) is 1.80. The van der Waals surface area contributed by atoms with E-state index in [2.05, 4.69) is 0 Å². The molecule has 1 aromatic rings. The van der Waals surface area contributed by atoms with Crippen LogP contribution in [0.4, 0.5) is 0 Å². The highest BCUT2D eigenvalue weighted by atomic mass is 16.5. The molecule has 0 saturated heterocycles. The van der Waals surface area contributed by atoms with E-state index in [1.165, 1.54) is 6.08 Å². The second kappa shape index (κ2) is 3.38. The van der Waals surface area contributed by atoms with E-state index in [1.54, 1.807) is 36.4 Å².